The number of H-pyrrole nitrogens is 1. The van der Waals surface area contributed by atoms with Gasteiger partial charge in [0.25, 0.3) is 0 Å². The molecule has 8 nitrogen and oxygen atoms in total. The first-order valence-electron chi connectivity index (χ1n) is 9.31. The minimum absolute atomic E-state index is 0.310. The summed E-state index contributed by atoms with van der Waals surface area (Å²) >= 11 is 0. The zero-order valence-electron chi connectivity index (χ0n) is 15.2. The first-order valence-corrected chi connectivity index (χ1v) is 9.31. The van der Waals surface area contributed by atoms with Crippen LogP contribution in [0.15, 0.2) is 6.07 Å². The molecule has 0 saturated carbocycles. The minimum Gasteiger partial charge on any atom is -0.368 e. The second kappa shape index (κ2) is 6.59. The molecule has 3 heterocycles. The number of rotatable bonds is 5. The van der Waals surface area contributed by atoms with Crippen molar-refractivity contribution in [3.05, 3.63) is 23.0 Å². The van der Waals surface area contributed by atoms with Crippen molar-refractivity contribution in [1.29, 1.82) is 0 Å². The molecule has 1 saturated heterocycles. The van der Waals surface area contributed by atoms with Gasteiger partial charge in [-0.2, -0.15) is 10.1 Å². The molecule has 1 aliphatic heterocycles. The molecule has 2 aromatic rings. The highest BCUT2D eigenvalue weighted by molar-refractivity contribution is 5.83. The second-order valence-electron chi connectivity index (χ2n) is 7.39. The van der Waals surface area contributed by atoms with Gasteiger partial charge in [-0.25, -0.2) is 4.98 Å². The van der Waals surface area contributed by atoms with Crippen molar-refractivity contribution in [2.75, 3.05) is 16.8 Å². The van der Waals surface area contributed by atoms with Crippen molar-refractivity contribution >= 4 is 23.5 Å². The van der Waals surface area contributed by atoms with Crippen LogP contribution in [0.5, 0.6) is 0 Å². The Morgan fingerprint density at radius 3 is 2.92 bits per heavy atom. The van der Waals surface area contributed by atoms with Gasteiger partial charge in [0.1, 0.15) is 11.9 Å². The van der Waals surface area contributed by atoms with Gasteiger partial charge in [-0.15, -0.1) is 0 Å². The SMILES string of the molecule is CC(C)c1cc(Nc2nc(N3CCCC3C(N)=O)nc3c2CCC3)n[nH]1. The lowest BCUT2D eigenvalue weighted by Gasteiger charge is -2.23. The van der Waals surface area contributed by atoms with Crippen LogP contribution >= 0.6 is 0 Å². The van der Waals surface area contributed by atoms with Gasteiger partial charge in [-0.05, 0) is 38.0 Å². The monoisotopic (exact) mass is 355 g/mol. The van der Waals surface area contributed by atoms with Crippen LogP contribution in [0.2, 0.25) is 0 Å². The number of aryl methyl sites for hydroxylation is 1. The normalized spacial score (nSPS) is 19.2. The fourth-order valence-electron chi connectivity index (χ4n) is 3.77. The summed E-state index contributed by atoms with van der Waals surface area (Å²) in [5, 5.41) is 10.8. The van der Waals surface area contributed by atoms with Crippen LogP contribution in [0, 0.1) is 0 Å². The van der Waals surface area contributed by atoms with Crippen LogP contribution in [0.25, 0.3) is 0 Å². The standard InChI is InChI=1S/C18H25N7O/c1-10(2)13-9-15(24-23-13)21-17-11-5-3-6-12(11)20-18(22-17)25-8-4-7-14(25)16(19)26/h9-10,14H,3-8H2,1-2H3,(H2,19,26)(H2,20,21,22,23,24). The van der Waals surface area contributed by atoms with Crippen molar-refractivity contribution in [2.24, 2.45) is 5.73 Å². The predicted octanol–water partition coefficient (Wildman–Crippen LogP) is 2.01. The van der Waals surface area contributed by atoms with E-state index in [1.54, 1.807) is 0 Å². The van der Waals surface area contributed by atoms with E-state index in [1.807, 2.05) is 11.0 Å². The number of hydrogen-bond donors (Lipinski definition) is 3. The number of anilines is 3. The zero-order valence-corrected chi connectivity index (χ0v) is 15.2. The van der Waals surface area contributed by atoms with E-state index in [1.165, 1.54) is 0 Å². The van der Waals surface area contributed by atoms with Gasteiger partial charge in [0, 0.05) is 23.9 Å². The third-order valence-electron chi connectivity index (χ3n) is 5.23. The third-order valence-corrected chi connectivity index (χ3v) is 5.23. The molecule has 1 amide bonds. The van der Waals surface area contributed by atoms with Gasteiger partial charge in [0.15, 0.2) is 5.82 Å². The lowest BCUT2D eigenvalue weighted by atomic mass is 10.1. The van der Waals surface area contributed by atoms with Crippen LogP contribution in [-0.4, -0.2) is 38.7 Å². The smallest absolute Gasteiger partial charge is 0.240 e. The molecule has 26 heavy (non-hydrogen) atoms. The molecule has 0 aromatic carbocycles. The predicted molar refractivity (Wildman–Crippen MR) is 99.6 cm³/mol. The molecule has 1 unspecified atom stereocenters. The Morgan fingerprint density at radius 1 is 1.35 bits per heavy atom. The zero-order chi connectivity index (χ0) is 18.3. The maximum Gasteiger partial charge on any atom is 0.240 e. The van der Waals surface area contributed by atoms with E-state index < -0.39 is 0 Å². The fourth-order valence-corrected chi connectivity index (χ4v) is 3.77. The van der Waals surface area contributed by atoms with Gasteiger partial charge in [-0.1, -0.05) is 13.8 Å². The average molecular weight is 355 g/mol. The molecular weight excluding hydrogens is 330 g/mol. The molecule has 2 aliphatic rings. The Bertz CT molecular complexity index is 829. The van der Waals surface area contributed by atoms with Crippen LogP contribution in [0.4, 0.5) is 17.6 Å². The highest BCUT2D eigenvalue weighted by Crippen LogP contribution is 2.32. The summed E-state index contributed by atoms with van der Waals surface area (Å²) < 4.78 is 0. The minimum atomic E-state index is -0.319. The Labute approximate surface area is 152 Å². The third kappa shape index (κ3) is 3.00. The first-order chi connectivity index (χ1) is 12.5. The van der Waals surface area contributed by atoms with Crippen molar-refractivity contribution in [1.82, 2.24) is 20.2 Å². The van der Waals surface area contributed by atoms with E-state index in [0.29, 0.717) is 11.9 Å². The van der Waals surface area contributed by atoms with Crippen molar-refractivity contribution in [2.45, 2.75) is 57.9 Å². The van der Waals surface area contributed by atoms with E-state index in [-0.39, 0.29) is 11.9 Å². The van der Waals surface area contributed by atoms with Crippen molar-refractivity contribution in [3.8, 4) is 0 Å². The second-order valence-corrected chi connectivity index (χ2v) is 7.39. The number of nitrogens with one attached hydrogen (secondary N) is 2. The summed E-state index contributed by atoms with van der Waals surface area (Å²) in [6.45, 7) is 5.00. The van der Waals surface area contributed by atoms with Crippen molar-refractivity contribution in [3.63, 3.8) is 0 Å². The molecule has 0 spiro atoms. The van der Waals surface area contributed by atoms with Gasteiger partial charge >= 0.3 is 0 Å². The molecule has 0 radical (unpaired) electrons. The van der Waals surface area contributed by atoms with Crippen LogP contribution in [0.1, 0.15) is 56.0 Å². The van der Waals surface area contributed by atoms with Crippen LogP contribution in [0.3, 0.4) is 0 Å². The average Bonchev–Trinajstić information content (AvgIpc) is 3.34. The summed E-state index contributed by atoms with van der Waals surface area (Å²) in [4.78, 5) is 23.2. The number of nitrogens with two attached hydrogens (primary N) is 1. The van der Waals surface area contributed by atoms with Gasteiger partial charge in [-0.3, -0.25) is 9.89 Å². The maximum atomic E-state index is 11.8. The van der Waals surface area contributed by atoms with E-state index in [9.17, 15) is 4.79 Å². The number of fused-ring (bicyclic) bond motifs is 1. The van der Waals surface area contributed by atoms with Crippen LogP contribution < -0.4 is 16.0 Å². The number of carbonyl (C=O) groups is 1. The summed E-state index contributed by atoms with van der Waals surface area (Å²) in [5.74, 6) is 2.20. The molecule has 138 valence electrons. The highest BCUT2D eigenvalue weighted by atomic mass is 16.1. The fraction of sp³-hybridized carbons (Fsp3) is 0.556. The van der Waals surface area contributed by atoms with Gasteiger partial charge in [0.2, 0.25) is 11.9 Å². The number of aromatic amines is 1. The van der Waals surface area contributed by atoms with Crippen molar-refractivity contribution < 1.29 is 4.79 Å². The summed E-state index contributed by atoms with van der Waals surface area (Å²) in [5.41, 5.74) is 8.85. The molecule has 4 rings (SSSR count). The Kier molecular flexibility index (Phi) is 4.26. The van der Waals surface area contributed by atoms with E-state index in [0.717, 1.165) is 67.2 Å². The summed E-state index contributed by atoms with van der Waals surface area (Å²) in [6, 6.07) is 1.69. The maximum absolute atomic E-state index is 11.8. The Balaban J connectivity index is 1.67. The number of nitrogens with zero attached hydrogens (tertiary/aromatic N) is 4. The van der Waals surface area contributed by atoms with Crippen LogP contribution in [-0.2, 0) is 17.6 Å². The first kappa shape index (κ1) is 16.8. The number of aromatic nitrogens is 4. The molecule has 1 aliphatic carbocycles. The van der Waals surface area contributed by atoms with Gasteiger partial charge < -0.3 is 16.0 Å². The number of primary amides is 1. The lowest BCUT2D eigenvalue weighted by molar-refractivity contribution is -0.119. The van der Waals surface area contributed by atoms with E-state index in [2.05, 4.69) is 29.4 Å². The number of hydrogen-bond acceptors (Lipinski definition) is 6. The number of carbonyl (C=O) groups excluding carboxylic acids is 1. The summed E-state index contributed by atoms with van der Waals surface area (Å²) in [7, 11) is 0. The molecule has 4 N–H and O–H groups in total. The molecule has 1 fully saturated rings. The molecular formula is C18H25N7O. The molecule has 1 atom stereocenters. The molecule has 8 heteroatoms. The lowest BCUT2D eigenvalue weighted by Crippen LogP contribution is -2.41. The van der Waals surface area contributed by atoms with E-state index >= 15 is 0 Å². The largest absolute Gasteiger partial charge is 0.368 e. The topological polar surface area (TPSA) is 113 Å². The Morgan fingerprint density at radius 2 is 2.19 bits per heavy atom. The summed E-state index contributed by atoms with van der Waals surface area (Å²) in [6.07, 6.45) is 4.65. The van der Waals surface area contributed by atoms with Gasteiger partial charge in [0.05, 0.1) is 5.69 Å². The van der Waals surface area contributed by atoms with E-state index in [4.69, 9.17) is 15.7 Å². The highest BCUT2D eigenvalue weighted by Gasteiger charge is 2.32. The molecule has 0 bridgehead atoms. The molecule has 2 aromatic heterocycles. The quantitative estimate of drug-likeness (QED) is 0.756. The Hall–Kier alpha value is -2.64. The number of amides is 1.